The van der Waals surface area contributed by atoms with E-state index in [1.807, 2.05) is 0 Å². The van der Waals surface area contributed by atoms with Crippen LogP contribution in [-0.2, 0) is 7.05 Å². The molecule has 0 atom stereocenters. The summed E-state index contributed by atoms with van der Waals surface area (Å²) in [6.45, 7) is 0. The topological polar surface area (TPSA) is 61.7 Å². The highest BCUT2D eigenvalue weighted by atomic mass is 32.5. The van der Waals surface area contributed by atoms with Gasteiger partial charge in [-0.2, -0.15) is 10.2 Å². The third-order valence-corrected chi connectivity index (χ3v) is 5.37. The molecule has 0 fully saturated rings. The van der Waals surface area contributed by atoms with Gasteiger partial charge >= 0.3 is 10.2 Å². The fourth-order valence-electron chi connectivity index (χ4n) is 2.93. The Morgan fingerprint density at radius 1 is 0.964 bits per heavy atom. The summed E-state index contributed by atoms with van der Waals surface area (Å²) in [7, 11) is -8.00. The molecular weight excluding hydrogens is 401 g/mol. The molecule has 11 heteroatoms. The summed E-state index contributed by atoms with van der Waals surface area (Å²) >= 11 is 0. The van der Waals surface area contributed by atoms with E-state index in [0.29, 0.717) is 40.0 Å². The van der Waals surface area contributed by atoms with Crippen LogP contribution in [0.2, 0.25) is 0 Å². The third kappa shape index (κ3) is 3.17. The maximum absolute atomic E-state index is 13.0. The summed E-state index contributed by atoms with van der Waals surface area (Å²) in [5, 5.41) is 9.21. The van der Waals surface area contributed by atoms with Crippen LogP contribution in [-0.4, -0.2) is 19.6 Å². The Morgan fingerprint density at radius 2 is 1.64 bits per heavy atom. The Balaban J connectivity index is 1.91. The fraction of sp³-hybridized carbons (Fsp3) is 0.0588. The second kappa shape index (κ2) is 5.04. The summed E-state index contributed by atoms with van der Waals surface area (Å²) in [6.07, 6.45) is 3.32. The highest BCUT2D eigenvalue weighted by Gasteiger charge is 2.65. The molecule has 4 aromatic rings. The average Bonchev–Trinajstić information content (AvgIpc) is 3.16. The van der Waals surface area contributed by atoms with Crippen molar-refractivity contribution in [2.45, 2.75) is 4.90 Å². The van der Waals surface area contributed by atoms with E-state index in [9.17, 15) is 19.4 Å². The number of nitrogens with zero attached hydrogens (tertiary/aromatic N) is 4. The zero-order chi connectivity index (χ0) is 20.4. The Kier molecular flexibility index (Phi) is 3.29. The van der Waals surface area contributed by atoms with Crippen molar-refractivity contribution in [3.05, 3.63) is 54.9 Å². The largest absolute Gasteiger partial charge is 0.399 e. The van der Waals surface area contributed by atoms with E-state index in [1.54, 1.807) is 42.3 Å². The van der Waals surface area contributed by atoms with Gasteiger partial charge < -0.3 is 5.73 Å². The lowest BCUT2D eigenvalue weighted by molar-refractivity contribution is 0.364. The van der Waals surface area contributed by atoms with Gasteiger partial charge in [0.25, 0.3) is 0 Å². The fourth-order valence-corrected chi connectivity index (χ4v) is 3.58. The number of hydrogen-bond donors (Lipinski definition) is 1. The van der Waals surface area contributed by atoms with E-state index >= 15 is 0 Å². The number of nitrogens with two attached hydrogens (primary N) is 1. The Labute approximate surface area is 155 Å². The predicted octanol–water partition coefficient (Wildman–Crippen LogP) is 5.67. The first-order valence-electron chi connectivity index (χ1n) is 7.94. The van der Waals surface area contributed by atoms with Crippen LogP contribution in [0, 0.1) is 0 Å². The van der Waals surface area contributed by atoms with Gasteiger partial charge in [0, 0.05) is 29.9 Å². The maximum Gasteiger partial charge on any atom is 0.310 e. The molecule has 0 aliphatic carbocycles. The molecule has 2 heterocycles. The summed E-state index contributed by atoms with van der Waals surface area (Å²) in [4.78, 5) is -1.95. The number of nitrogen functional groups attached to an aromatic ring is 1. The van der Waals surface area contributed by atoms with Crippen LogP contribution in [0.4, 0.5) is 25.1 Å². The summed E-state index contributed by atoms with van der Waals surface area (Å²) < 4.78 is 67.8. The zero-order valence-electron chi connectivity index (χ0n) is 14.4. The standard InChI is InChI=1S/C17H14F5N5S/c1-26-10-11(9-24-26)17-15-8-12(23)2-7-16(15)27(25-17)13-3-5-14(6-4-13)28(18,19,20,21)22/h2-10H,23H2,1H3. The molecule has 2 N–H and O–H groups in total. The van der Waals surface area contributed by atoms with Crippen LogP contribution in [0.25, 0.3) is 27.8 Å². The third-order valence-electron chi connectivity index (χ3n) is 4.21. The van der Waals surface area contributed by atoms with Gasteiger partial charge in [-0.05, 0) is 42.5 Å². The van der Waals surface area contributed by atoms with Gasteiger partial charge in [0.15, 0.2) is 0 Å². The Bertz CT molecular complexity index is 1210. The normalized spacial score (nSPS) is 14.8. The first-order valence-corrected chi connectivity index (χ1v) is 9.89. The smallest absolute Gasteiger partial charge is 0.310 e. The second-order valence-corrected chi connectivity index (χ2v) is 8.81. The Hall–Kier alpha value is -3.08. The number of fused-ring (bicyclic) bond motifs is 1. The first-order chi connectivity index (χ1) is 12.8. The number of aryl methyl sites for hydroxylation is 1. The van der Waals surface area contributed by atoms with E-state index in [4.69, 9.17) is 5.73 Å². The van der Waals surface area contributed by atoms with Crippen LogP contribution in [0.3, 0.4) is 0 Å². The van der Waals surface area contributed by atoms with Crippen LogP contribution < -0.4 is 5.73 Å². The molecule has 0 aliphatic heterocycles. The van der Waals surface area contributed by atoms with Gasteiger partial charge in [0.05, 0.1) is 17.4 Å². The number of halogens is 5. The van der Waals surface area contributed by atoms with E-state index in [0.717, 1.165) is 12.1 Å². The summed E-state index contributed by atoms with van der Waals surface area (Å²) in [5.74, 6) is 0. The average molecular weight is 415 g/mol. The summed E-state index contributed by atoms with van der Waals surface area (Å²) in [5.41, 5.74) is 8.31. The molecular formula is C17H14F5N5S. The molecule has 0 amide bonds. The minimum absolute atomic E-state index is 0.204. The number of hydrogen-bond acceptors (Lipinski definition) is 3. The highest BCUT2D eigenvalue weighted by Crippen LogP contribution is 3.02. The molecule has 0 aliphatic rings. The van der Waals surface area contributed by atoms with E-state index in [2.05, 4.69) is 10.2 Å². The lowest BCUT2D eigenvalue weighted by Gasteiger charge is -2.40. The number of benzene rings is 2. The minimum Gasteiger partial charge on any atom is -0.399 e. The molecule has 0 saturated heterocycles. The number of rotatable bonds is 3. The van der Waals surface area contributed by atoms with Gasteiger partial charge in [0.2, 0.25) is 0 Å². The molecule has 148 valence electrons. The quantitative estimate of drug-likeness (QED) is 0.347. The minimum atomic E-state index is -9.73. The summed E-state index contributed by atoms with van der Waals surface area (Å²) in [6, 6.07) is 7.62. The van der Waals surface area contributed by atoms with Gasteiger partial charge in [-0.1, -0.05) is 19.4 Å². The SMILES string of the molecule is Cn1cc(-c2nn(-c3ccc(S(F)(F)(F)(F)F)cc3)c3ccc(N)cc23)cn1. The van der Waals surface area contributed by atoms with Crippen molar-refractivity contribution in [3.63, 3.8) is 0 Å². The molecule has 0 radical (unpaired) electrons. The maximum atomic E-state index is 13.0. The zero-order valence-corrected chi connectivity index (χ0v) is 15.2. The van der Waals surface area contributed by atoms with Crippen LogP contribution in [0.1, 0.15) is 0 Å². The molecule has 28 heavy (non-hydrogen) atoms. The number of anilines is 1. The highest BCUT2D eigenvalue weighted by molar-refractivity contribution is 8.45. The lowest BCUT2D eigenvalue weighted by atomic mass is 10.1. The number of aromatic nitrogens is 4. The molecule has 2 aromatic heterocycles. The van der Waals surface area contributed by atoms with E-state index < -0.39 is 15.1 Å². The Morgan fingerprint density at radius 3 is 2.21 bits per heavy atom. The molecule has 5 nitrogen and oxygen atoms in total. The lowest BCUT2D eigenvalue weighted by Crippen LogP contribution is -2.06. The molecule has 0 spiro atoms. The van der Waals surface area contributed by atoms with Crippen LogP contribution >= 0.6 is 10.2 Å². The van der Waals surface area contributed by atoms with Crippen molar-refractivity contribution in [2.75, 3.05) is 5.73 Å². The van der Waals surface area contributed by atoms with Crippen LogP contribution in [0.5, 0.6) is 0 Å². The molecule has 0 saturated carbocycles. The van der Waals surface area contributed by atoms with Crippen molar-refractivity contribution in [3.8, 4) is 16.9 Å². The van der Waals surface area contributed by atoms with Crippen molar-refractivity contribution in [1.29, 1.82) is 0 Å². The van der Waals surface area contributed by atoms with Gasteiger partial charge in [-0.3, -0.25) is 4.68 Å². The molecule has 2 aromatic carbocycles. The molecule has 0 bridgehead atoms. The molecule has 0 unspecified atom stereocenters. The van der Waals surface area contributed by atoms with Crippen molar-refractivity contribution >= 4 is 26.8 Å². The van der Waals surface area contributed by atoms with Gasteiger partial charge in [0.1, 0.15) is 10.6 Å². The van der Waals surface area contributed by atoms with Crippen molar-refractivity contribution < 1.29 is 19.4 Å². The predicted molar refractivity (Wildman–Crippen MR) is 99.1 cm³/mol. The second-order valence-electron chi connectivity index (χ2n) is 6.40. The first kappa shape index (κ1) is 18.3. The monoisotopic (exact) mass is 415 g/mol. The van der Waals surface area contributed by atoms with Gasteiger partial charge in [-0.25, -0.2) is 4.68 Å². The van der Waals surface area contributed by atoms with Gasteiger partial charge in [-0.15, -0.1) is 0 Å². The van der Waals surface area contributed by atoms with Crippen molar-refractivity contribution in [1.82, 2.24) is 19.6 Å². The molecule has 4 rings (SSSR count). The van der Waals surface area contributed by atoms with Crippen LogP contribution in [0.15, 0.2) is 59.8 Å². The van der Waals surface area contributed by atoms with E-state index in [-0.39, 0.29) is 5.69 Å². The van der Waals surface area contributed by atoms with Crippen molar-refractivity contribution in [2.24, 2.45) is 7.05 Å². The van der Waals surface area contributed by atoms with E-state index in [1.165, 1.54) is 4.68 Å².